The fourth-order valence-corrected chi connectivity index (χ4v) is 1.23. The normalized spacial score (nSPS) is 19.7. The highest BCUT2D eigenvalue weighted by Crippen LogP contribution is 2.25. The van der Waals surface area contributed by atoms with Gasteiger partial charge >= 0.3 is 0 Å². The lowest BCUT2D eigenvalue weighted by atomic mass is 9.82. The van der Waals surface area contributed by atoms with E-state index in [0.717, 1.165) is 19.4 Å². The van der Waals surface area contributed by atoms with Crippen LogP contribution in [-0.4, -0.2) is 31.3 Å². The Hall–Kier alpha value is -0.370. The van der Waals surface area contributed by atoms with E-state index in [1.807, 2.05) is 0 Å². The second-order valence-corrected chi connectivity index (χ2v) is 3.40. The molecular formula is C8H15NO. The van der Waals surface area contributed by atoms with Gasteiger partial charge in [-0.05, 0) is 33.0 Å². The van der Waals surface area contributed by atoms with Gasteiger partial charge < -0.3 is 4.90 Å². The van der Waals surface area contributed by atoms with Crippen LogP contribution in [0.5, 0.6) is 0 Å². The van der Waals surface area contributed by atoms with Crippen LogP contribution in [0.4, 0.5) is 0 Å². The van der Waals surface area contributed by atoms with Crippen LogP contribution in [0, 0.1) is 5.92 Å². The summed E-state index contributed by atoms with van der Waals surface area (Å²) in [5.74, 6) is 1.15. The van der Waals surface area contributed by atoms with Gasteiger partial charge in [-0.25, -0.2) is 0 Å². The van der Waals surface area contributed by atoms with E-state index in [-0.39, 0.29) is 0 Å². The monoisotopic (exact) mass is 141 g/mol. The maximum atomic E-state index is 10.5. The summed E-state index contributed by atoms with van der Waals surface area (Å²) in [7, 11) is 4.14. The Morgan fingerprint density at radius 1 is 1.50 bits per heavy atom. The van der Waals surface area contributed by atoms with Crippen LogP contribution in [0.15, 0.2) is 0 Å². The van der Waals surface area contributed by atoms with Gasteiger partial charge in [0, 0.05) is 12.8 Å². The molecular weight excluding hydrogens is 126 g/mol. The lowest BCUT2D eigenvalue weighted by Crippen LogP contribution is -2.27. The molecule has 2 heteroatoms. The third-order valence-electron chi connectivity index (χ3n) is 2.02. The van der Waals surface area contributed by atoms with Crippen molar-refractivity contribution in [2.75, 3.05) is 20.6 Å². The molecule has 0 bridgehead atoms. The number of hydrogen-bond donors (Lipinski definition) is 0. The average Bonchev–Trinajstić information content (AvgIpc) is 1.77. The first kappa shape index (κ1) is 7.73. The summed E-state index contributed by atoms with van der Waals surface area (Å²) in [5, 5.41) is 0. The molecule has 0 radical (unpaired) electrons. The van der Waals surface area contributed by atoms with Crippen molar-refractivity contribution in [3.05, 3.63) is 0 Å². The van der Waals surface area contributed by atoms with Crippen molar-refractivity contribution in [1.82, 2.24) is 4.90 Å². The highest BCUT2D eigenvalue weighted by atomic mass is 16.1. The summed E-state index contributed by atoms with van der Waals surface area (Å²) >= 11 is 0. The summed E-state index contributed by atoms with van der Waals surface area (Å²) < 4.78 is 0. The molecule has 0 aromatic rings. The van der Waals surface area contributed by atoms with Gasteiger partial charge in [0.1, 0.15) is 5.78 Å². The molecule has 1 aliphatic carbocycles. The maximum Gasteiger partial charge on any atom is 0.133 e. The predicted molar refractivity (Wildman–Crippen MR) is 40.9 cm³/mol. The molecule has 0 amide bonds. The fraction of sp³-hybridized carbons (Fsp3) is 0.875. The predicted octanol–water partition coefficient (Wildman–Crippen LogP) is 0.917. The number of carbonyl (C=O) groups excluding carboxylic acids is 1. The third kappa shape index (κ3) is 2.10. The van der Waals surface area contributed by atoms with E-state index < -0.39 is 0 Å². The first-order valence-corrected chi connectivity index (χ1v) is 3.85. The Labute approximate surface area is 62.2 Å². The Balaban J connectivity index is 2.00. The largest absolute Gasteiger partial charge is 0.309 e. The summed E-state index contributed by atoms with van der Waals surface area (Å²) in [6.07, 6.45) is 2.88. The van der Waals surface area contributed by atoms with E-state index in [1.54, 1.807) is 0 Å². The molecule has 1 rings (SSSR count). The molecule has 1 fully saturated rings. The molecule has 10 heavy (non-hydrogen) atoms. The van der Waals surface area contributed by atoms with Crippen LogP contribution in [-0.2, 0) is 4.79 Å². The van der Waals surface area contributed by atoms with Crippen LogP contribution in [0.3, 0.4) is 0 Å². The molecule has 0 saturated heterocycles. The van der Waals surface area contributed by atoms with E-state index in [9.17, 15) is 4.79 Å². The van der Waals surface area contributed by atoms with Crippen molar-refractivity contribution in [2.24, 2.45) is 5.92 Å². The molecule has 0 unspecified atom stereocenters. The zero-order chi connectivity index (χ0) is 7.56. The molecule has 0 spiro atoms. The number of Topliss-reactive ketones (excluding diaryl/α,β-unsaturated/α-hetero) is 1. The molecule has 0 heterocycles. The van der Waals surface area contributed by atoms with Gasteiger partial charge in [-0.1, -0.05) is 0 Å². The zero-order valence-electron chi connectivity index (χ0n) is 6.76. The highest BCUT2D eigenvalue weighted by molar-refractivity contribution is 5.84. The van der Waals surface area contributed by atoms with Crippen molar-refractivity contribution < 1.29 is 4.79 Å². The molecule has 0 aromatic heterocycles. The number of nitrogens with zero attached hydrogens (tertiary/aromatic N) is 1. The van der Waals surface area contributed by atoms with Gasteiger partial charge in [-0.15, -0.1) is 0 Å². The number of hydrogen-bond acceptors (Lipinski definition) is 2. The van der Waals surface area contributed by atoms with Gasteiger partial charge in [0.15, 0.2) is 0 Å². The van der Waals surface area contributed by atoms with Gasteiger partial charge in [-0.3, -0.25) is 4.79 Å². The average molecular weight is 141 g/mol. The van der Waals surface area contributed by atoms with Crippen LogP contribution in [0.2, 0.25) is 0 Å². The Morgan fingerprint density at radius 2 is 2.10 bits per heavy atom. The molecule has 2 nitrogen and oxygen atoms in total. The van der Waals surface area contributed by atoms with Crippen LogP contribution >= 0.6 is 0 Å². The standard InChI is InChI=1S/C8H15NO/c1-9(2)4-3-7-5-8(10)6-7/h7H,3-6H2,1-2H3. The zero-order valence-corrected chi connectivity index (χ0v) is 6.76. The molecule has 0 atom stereocenters. The maximum absolute atomic E-state index is 10.5. The summed E-state index contributed by atoms with van der Waals surface area (Å²) in [5.41, 5.74) is 0. The van der Waals surface area contributed by atoms with Crippen LogP contribution < -0.4 is 0 Å². The van der Waals surface area contributed by atoms with Gasteiger partial charge in [0.05, 0.1) is 0 Å². The Kier molecular flexibility index (Phi) is 2.44. The number of carbonyl (C=O) groups is 1. The molecule has 0 aliphatic heterocycles. The Morgan fingerprint density at radius 3 is 2.50 bits per heavy atom. The second-order valence-electron chi connectivity index (χ2n) is 3.40. The van der Waals surface area contributed by atoms with Gasteiger partial charge in [0.25, 0.3) is 0 Å². The smallest absolute Gasteiger partial charge is 0.133 e. The number of rotatable bonds is 3. The molecule has 1 saturated carbocycles. The number of ketones is 1. The first-order chi connectivity index (χ1) is 4.68. The van der Waals surface area contributed by atoms with Gasteiger partial charge in [-0.2, -0.15) is 0 Å². The second kappa shape index (κ2) is 3.15. The molecule has 0 aromatic carbocycles. The molecule has 0 N–H and O–H groups in total. The minimum absolute atomic E-state index is 0.448. The van der Waals surface area contributed by atoms with Crippen LogP contribution in [0.1, 0.15) is 19.3 Å². The quantitative estimate of drug-likeness (QED) is 0.582. The highest BCUT2D eigenvalue weighted by Gasteiger charge is 2.25. The summed E-state index contributed by atoms with van der Waals surface area (Å²) in [6, 6.07) is 0. The van der Waals surface area contributed by atoms with E-state index in [4.69, 9.17) is 0 Å². The Bertz CT molecular complexity index is 123. The van der Waals surface area contributed by atoms with Crippen molar-refractivity contribution >= 4 is 5.78 Å². The van der Waals surface area contributed by atoms with Crippen molar-refractivity contribution in [3.63, 3.8) is 0 Å². The van der Waals surface area contributed by atoms with Crippen molar-refractivity contribution in [3.8, 4) is 0 Å². The SMILES string of the molecule is CN(C)CCC1CC(=O)C1. The van der Waals surface area contributed by atoms with Gasteiger partial charge in [0.2, 0.25) is 0 Å². The molecule has 1 aliphatic rings. The summed E-state index contributed by atoms with van der Waals surface area (Å²) in [6.45, 7) is 1.12. The van der Waals surface area contributed by atoms with Crippen molar-refractivity contribution in [2.45, 2.75) is 19.3 Å². The lowest BCUT2D eigenvalue weighted by Gasteiger charge is -2.25. The van der Waals surface area contributed by atoms with E-state index in [0.29, 0.717) is 11.7 Å². The minimum atomic E-state index is 0.448. The lowest BCUT2D eigenvalue weighted by molar-refractivity contribution is -0.127. The first-order valence-electron chi connectivity index (χ1n) is 3.85. The van der Waals surface area contributed by atoms with E-state index in [1.165, 1.54) is 6.42 Å². The van der Waals surface area contributed by atoms with Crippen molar-refractivity contribution in [1.29, 1.82) is 0 Å². The molecule has 58 valence electrons. The topological polar surface area (TPSA) is 20.3 Å². The fourth-order valence-electron chi connectivity index (χ4n) is 1.23. The van der Waals surface area contributed by atoms with E-state index >= 15 is 0 Å². The third-order valence-corrected chi connectivity index (χ3v) is 2.02. The van der Waals surface area contributed by atoms with E-state index in [2.05, 4.69) is 19.0 Å². The van der Waals surface area contributed by atoms with Crippen LogP contribution in [0.25, 0.3) is 0 Å². The summed E-state index contributed by atoms with van der Waals surface area (Å²) in [4.78, 5) is 12.7. The minimum Gasteiger partial charge on any atom is -0.309 e.